The average molecular weight is 347 g/mol. The van der Waals surface area contributed by atoms with E-state index in [1.807, 2.05) is 18.3 Å². The molecule has 0 saturated heterocycles. The summed E-state index contributed by atoms with van der Waals surface area (Å²) in [6.45, 7) is 4.15. The molecule has 7 nitrogen and oxygen atoms in total. The summed E-state index contributed by atoms with van der Waals surface area (Å²) < 4.78 is 2.06. The van der Waals surface area contributed by atoms with E-state index < -0.39 is 5.97 Å². The maximum Gasteiger partial charge on any atom is 0.355 e. The zero-order chi connectivity index (χ0) is 18.4. The summed E-state index contributed by atoms with van der Waals surface area (Å²) in [5.41, 5.74) is 8.80. The van der Waals surface area contributed by atoms with E-state index in [1.54, 1.807) is 12.1 Å². The molecule has 0 bridgehead atoms. The van der Waals surface area contributed by atoms with E-state index in [-0.39, 0.29) is 11.7 Å². The molecule has 3 aromatic heterocycles. The van der Waals surface area contributed by atoms with E-state index in [9.17, 15) is 9.90 Å². The van der Waals surface area contributed by atoms with Gasteiger partial charge in [0.1, 0.15) is 17.8 Å². The van der Waals surface area contributed by atoms with Crippen molar-refractivity contribution < 1.29 is 9.90 Å². The number of hydrogen-bond acceptors (Lipinski definition) is 5. The third kappa shape index (κ3) is 2.36. The summed E-state index contributed by atoms with van der Waals surface area (Å²) in [7, 11) is 0. The number of fused-ring (bicyclic) bond motifs is 2. The minimum absolute atomic E-state index is 0.0431. The number of carboxylic acid groups (broad SMARTS) is 1. The van der Waals surface area contributed by atoms with Crippen molar-refractivity contribution in [2.45, 2.75) is 19.9 Å². The molecule has 0 amide bonds. The van der Waals surface area contributed by atoms with Crippen molar-refractivity contribution in [2.24, 2.45) is 0 Å². The van der Waals surface area contributed by atoms with E-state index in [2.05, 4.69) is 33.4 Å². The van der Waals surface area contributed by atoms with E-state index in [0.717, 1.165) is 27.5 Å². The monoisotopic (exact) mass is 347 g/mol. The Labute approximate surface area is 149 Å². The minimum Gasteiger partial charge on any atom is -0.476 e. The lowest BCUT2D eigenvalue weighted by molar-refractivity contribution is 0.0693. The van der Waals surface area contributed by atoms with Crippen LogP contribution in [0.5, 0.6) is 0 Å². The third-order valence-corrected chi connectivity index (χ3v) is 4.47. The third-order valence-electron chi connectivity index (χ3n) is 4.47. The van der Waals surface area contributed by atoms with Crippen LogP contribution in [-0.2, 0) is 0 Å². The van der Waals surface area contributed by atoms with Crippen LogP contribution in [0.15, 0.2) is 43.0 Å². The first-order valence-electron chi connectivity index (χ1n) is 8.21. The standard InChI is InChI=1S/C19H17N5O2/c1-10(2)24-8-14(15-17(20)22-9-23-18(15)24)11-3-4-13-12(7-11)5-6-21-16(13)19(25)26/h3-10H,1-2H3,(H,25,26)(H2,20,22,23). The van der Waals surface area contributed by atoms with Gasteiger partial charge in [-0.1, -0.05) is 12.1 Å². The van der Waals surface area contributed by atoms with Gasteiger partial charge in [-0.2, -0.15) is 0 Å². The predicted octanol–water partition coefficient (Wildman–Crippen LogP) is 3.51. The van der Waals surface area contributed by atoms with Crippen molar-refractivity contribution in [1.29, 1.82) is 0 Å². The largest absolute Gasteiger partial charge is 0.476 e. The summed E-state index contributed by atoms with van der Waals surface area (Å²) in [5.74, 6) is -0.622. The molecule has 0 radical (unpaired) electrons. The van der Waals surface area contributed by atoms with Gasteiger partial charge in [-0.3, -0.25) is 0 Å². The normalized spacial score (nSPS) is 11.5. The second kappa shape index (κ2) is 5.80. The number of rotatable bonds is 3. The quantitative estimate of drug-likeness (QED) is 0.587. The summed E-state index contributed by atoms with van der Waals surface area (Å²) in [4.78, 5) is 23.8. The lowest BCUT2D eigenvalue weighted by atomic mass is 10.0. The van der Waals surface area contributed by atoms with Gasteiger partial charge >= 0.3 is 5.97 Å². The molecule has 4 rings (SSSR count). The Bertz CT molecular complexity index is 1160. The molecule has 1 aromatic carbocycles. The molecule has 3 heterocycles. The molecule has 0 unspecified atom stereocenters. The highest BCUT2D eigenvalue weighted by Crippen LogP contribution is 2.35. The van der Waals surface area contributed by atoms with Crippen molar-refractivity contribution in [3.63, 3.8) is 0 Å². The van der Waals surface area contributed by atoms with Crippen LogP contribution in [0, 0.1) is 0 Å². The topological polar surface area (TPSA) is 107 Å². The van der Waals surface area contributed by atoms with Crippen molar-refractivity contribution in [3.05, 3.63) is 48.7 Å². The fraction of sp³-hybridized carbons (Fsp3) is 0.158. The van der Waals surface area contributed by atoms with Crippen molar-refractivity contribution in [2.75, 3.05) is 5.73 Å². The number of carbonyl (C=O) groups is 1. The number of aromatic nitrogens is 4. The Morgan fingerprint density at radius 2 is 2.00 bits per heavy atom. The molecule has 0 spiro atoms. The number of pyridine rings is 1. The molecule has 0 atom stereocenters. The van der Waals surface area contributed by atoms with Gasteiger partial charge in [0.25, 0.3) is 0 Å². The number of aromatic carboxylic acids is 1. The minimum atomic E-state index is -1.04. The molecule has 3 N–H and O–H groups in total. The molecule has 130 valence electrons. The first-order valence-corrected chi connectivity index (χ1v) is 8.21. The second-order valence-electron chi connectivity index (χ2n) is 6.40. The zero-order valence-electron chi connectivity index (χ0n) is 14.3. The van der Waals surface area contributed by atoms with Crippen LogP contribution >= 0.6 is 0 Å². The molecule has 0 aliphatic heterocycles. The van der Waals surface area contributed by atoms with Crippen molar-refractivity contribution >= 4 is 33.6 Å². The van der Waals surface area contributed by atoms with Gasteiger partial charge in [0, 0.05) is 29.4 Å². The SMILES string of the molecule is CC(C)n1cc(-c2ccc3c(C(=O)O)nccc3c2)c2c(N)ncnc21. The summed E-state index contributed by atoms with van der Waals surface area (Å²) >= 11 is 0. The number of benzene rings is 1. The van der Waals surface area contributed by atoms with Crippen LogP contribution in [0.2, 0.25) is 0 Å². The van der Waals surface area contributed by atoms with E-state index in [0.29, 0.717) is 11.2 Å². The molecule has 26 heavy (non-hydrogen) atoms. The van der Waals surface area contributed by atoms with Gasteiger partial charge < -0.3 is 15.4 Å². The van der Waals surface area contributed by atoms with Gasteiger partial charge in [-0.25, -0.2) is 19.7 Å². The summed E-state index contributed by atoms with van der Waals surface area (Å²) in [6, 6.07) is 7.60. The Balaban J connectivity index is 2.00. The molecule has 0 aliphatic rings. The maximum atomic E-state index is 11.4. The van der Waals surface area contributed by atoms with Gasteiger partial charge in [0.05, 0.1) is 5.39 Å². The number of carboxylic acids is 1. The molecule has 0 fully saturated rings. The smallest absolute Gasteiger partial charge is 0.355 e. The van der Waals surface area contributed by atoms with Gasteiger partial charge in [0.15, 0.2) is 5.69 Å². The van der Waals surface area contributed by atoms with E-state index >= 15 is 0 Å². The summed E-state index contributed by atoms with van der Waals surface area (Å²) in [5, 5.41) is 11.5. The number of nitrogen functional groups attached to an aromatic ring is 1. The van der Waals surface area contributed by atoms with Gasteiger partial charge in [-0.15, -0.1) is 0 Å². The highest BCUT2D eigenvalue weighted by atomic mass is 16.4. The molecular formula is C19H17N5O2. The zero-order valence-corrected chi connectivity index (χ0v) is 14.3. The number of nitrogens with two attached hydrogens (primary N) is 1. The highest BCUT2D eigenvalue weighted by molar-refractivity contribution is 6.05. The fourth-order valence-electron chi connectivity index (χ4n) is 3.24. The van der Waals surface area contributed by atoms with Crippen LogP contribution in [-0.4, -0.2) is 30.6 Å². The number of hydrogen-bond donors (Lipinski definition) is 2. The van der Waals surface area contributed by atoms with Crippen LogP contribution < -0.4 is 5.73 Å². The number of nitrogens with zero attached hydrogens (tertiary/aromatic N) is 4. The Morgan fingerprint density at radius 1 is 1.19 bits per heavy atom. The maximum absolute atomic E-state index is 11.4. The highest BCUT2D eigenvalue weighted by Gasteiger charge is 2.17. The Hall–Kier alpha value is -3.48. The molecule has 0 saturated carbocycles. The fourth-order valence-corrected chi connectivity index (χ4v) is 3.24. The molecule has 4 aromatic rings. The first-order chi connectivity index (χ1) is 12.5. The molecular weight excluding hydrogens is 330 g/mol. The number of anilines is 1. The first kappa shape index (κ1) is 16.0. The Morgan fingerprint density at radius 3 is 2.73 bits per heavy atom. The van der Waals surface area contributed by atoms with Crippen LogP contribution in [0.4, 0.5) is 5.82 Å². The van der Waals surface area contributed by atoms with Crippen molar-refractivity contribution in [1.82, 2.24) is 19.5 Å². The Kier molecular flexibility index (Phi) is 3.57. The van der Waals surface area contributed by atoms with Crippen LogP contribution in [0.3, 0.4) is 0 Å². The average Bonchev–Trinajstić information content (AvgIpc) is 3.02. The van der Waals surface area contributed by atoms with E-state index in [4.69, 9.17) is 5.73 Å². The predicted molar refractivity (Wildman–Crippen MR) is 100 cm³/mol. The second-order valence-corrected chi connectivity index (χ2v) is 6.40. The van der Waals surface area contributed by atoms with Gasteiger partial charge in [0.2, 0.25) is 0 Å². The lowest BCUT2D eigenvalue weighted by Crippen LogP contribution is -2.00. The van der Waals surface area contributed by atoms with Crippen molar-refractivity contribution in [3.8, 4) is 11.1 Å². The molecule has 7 heteroatoms. The van der Waals surface area contributed by atoms with Crippen LogP contribution in [0.25, 0.3) is 32.9 Å². The van der Waals surface area contributed by atoms with E-state index in [1.165, 1.54) is 12.5 Å². The molecule has 0 aliphatic carbocycles. The van der Waals surface area contributed by atoms with Gasteiger partial charge in [-0.05, 0) is 36.9 Å². The summed E-state index contributed by atoms with van der Waals surface area (Å²) in [6.07, 6.45) is 4.98. The lowest BCUT2D eigenvalue weighted by Gasteiger charge is -2.07. The van der Waals surface area contributed by atoms with Crippen LogP contribution in [0.1, 0.15) is 30.4 Å².